The van der Waals surface area contributed by atoms with Gasteiger partial charge in [0.1, 0.15) is 0 Å². The van der Waals surface area contributed by atoms with Gasteiger partial charge in [-0.2, -0.15) is 0 Å². The van der Waals surface area contributed by atoms with Gasteiger partial charge in [0.25, 0.3) is 0 Å². The number of hydrogen-bond acceptors (Lipinski definition) is 4. The van der Waals surface area contributed by atoms with Crippen LogP contribution in [0, 0.1) is 13.8 Å². The van der Waals surface area contributed by atoms with E-state index in [1.54, 1.807) is 0 Å². The Morgan fingerprint density at radius 3 is 2.30 bits per heavy atom. The van der Waals surface area contributed by atoms with E-state index in [-0.39, 0.29) is 0 Å². The van der Waals surface area contributed by atoms with Crippen molar-refractivity contribution >= 4 is 15.7 Å². The smallest absolute Gasteiger partial charge is 0.241 e. The topological polar surface area (TPSA) is 67.4 Å². The Hall–Kier alpha value is -1.11. The van der Waals surface area contributed by atoms with Crippen LogP contribution in [0.2, 0.25) is 0 Å². The van der Waals surface area contributed by atoms with Crippen LogP contribution in [-0.2, 0) is 14.8 Å². The molecule has 1 rings (SSSR count). The van der Waals surface area contributed by atoms with Crippen molar-refractivity contribution in [2.75, 3.05) is 32.1 Å². The fraction of sp³-hybridized carbons (Fsp3) is 0.571. The zero-order chi connectivity index (χ0) is 15.2. The van der Waals surface area contributed by atoms with Crippen molar-refractivity contribution in [3.63, 3.8) is 0 Å². The molecule has 0 spiro atoms. The minimum absolute atomic E-state index is 0.368. The predicted molar refractivity (Wildman–Crippen MR) is 81.8 cm³/mol. The van der Waals surface area contributed by atoms with E-state index in [4.69, 9.17) is 4.74 Å². The highest BCUT2D eigenvalue weighted by Gasteiger charge is 2.19. The lowest BCUT2D eigenvalue weighted by Crippen LogP contribution is -2.27. The van der Waals surface area contributed by atoms with Gasteiger partial charge in [0.15, 0.2) is 0 Å². The fourth-order valence-electron chi connectivity index (χ4n) is 2.12. The summed E-state index contributed by atoms with van der Waals surface area (Å²) >= 11 is 0. The van der Waals surface area contributed by atoms with Gasteiger partial charge < -0.3 is 10.1 Å². The lowest BCUT2D eigenvalue weighted by Gasteiger charge is -2.14. The molecule has 0 aliphatic heterocycles. The summed E-state index contributed by atoms with van der Waals surface area (Å²) in [7, 11) is -1.65. The van der Waals surface area contributed by atoms with Gasteiger partial charge in [0, 0.05) is 32.5 Å². The van der Waals surface area contributed by atoms with Crippen molar-refractivity contribution in [1.82, 2.24) is 4.72 Å². The first-order valence-electron chi connectivity index (χ1n) is 6.78. The standard InChI is InChI=1S/C14H24N2O3S/c1-5-19-8-6-7-16-20(17,18)14-11(2)9-13(15-4)10-12(14)3/h9-10,15-16H,5-8H2,1-4H3. The predicted octanol–water partition coefficient (Wildman–Crippen LogP) is 2.05. The molecule has 0 aromatic heterocycles. The third-order valence-corrected chi connectivity index (χ3v) is 4.74. The summed E-state index contributed by atoms with van der Waals surface area (Å²) in [5.41, 5.74) is 2.40. The molecule has 0 atom stereocenters. The van der Waals surface area contributed by atoms with Crippen LogP contribution in [0.5, 0.6) is 0 Å². The van der Waals surface area contributed by atoms with Crippen molar-refractivity contribution in [2.45, 2.75) is 32.1 Å². The molecule has 1 aromatic carbocycles. The van der Waals surface area contributed by atoms with Gasteiger partial charge in [-0.1, -0.05) is 0 Å². The second-order valence-electron chi connectivity index (χ2n) is 4.64. The van der Waals surface area contributed by atoms with Crippen LogP contribution in [-0.4, -0.2) is 35.2 Å². The third kappa shape index (κ3) is 4.47. The Labute approximate surface area is 121 Å². The fourth-order valence-corrected chi connectivity index (χ4v) is 3.64. The van der Waals surface area contributed by atoms with E-state index in [0.717, 1.165) is 16.8 Å². The highest BCUT2D eigenvalue weighted by atomic mass is 32.2. The maximum absolute atomic E-state index is 12.3. The Morgan fingerprint density at radius 1 is 1.20 bits per heavy atom. The van der Waals surface area contributed by atoms with E-state index in [9.17, 15) is 8.42 Å². The third-order valence-electron chi connectivity index (χ3n) is 2.98. The van der Waals surface area contributed by atoms with Gasteiger partial charge in [-0.25, -0.2) is 13.1 Å². The second-order valence-corrected chi connectivity index (χ2v) is 6.34. The Bertz CT molecular complexity index is 518. The minimum Gasteiger partial charge on any atom is -0.388 e. The van der Waals surface area contributed by atoms with Crippen LogP contribution in [0.3, 0.4) is 0 Å². The molecule has 0 unspecified atom stereocenters. The molecule has 0 fully saturated rings. The monoisotopic (exact) mass is 300 g/mol. The van der Waals surface area contributed by atoms with Crippen LogP contribution in [0.25, 0.3) is 0 Å². The highest BCUT2D eigenvalue weighted by molar-refractivity contribution is 7.89. The van der Waals surface area contributed by atoms with Crippen molar-refractivity contribution in [3.8, 4) is 0 Å². The van der Waals surface area contributed by atoms with Crippen LogP contribution < -0.4 is 10.0 Å². The van der Waals surface area contributed by atoms with Crippen molar-refractivity contribution in [1.29, 1.82) is 0 Å². The van der Waals surface area contributed by atoms with Crippen molar-refractivity contribution < 1.29 is 13.2 Å². The number of anilines is 1. The first-order valence-corrected chi connectivity index (χ1v) is 8.27. The second kappa shape index (κ2) is 7.61. The van der Waals surface area contributed by atoms with E-state index >= 15 is 0 Å². The van der Waals surface area contributed by atoms with Gasteiger partial charge in [-0.3, -0.25) is 0 Å². The lowest BCUT2D eigenvalue weighted by molar-refractivity contribution is 0.146. The molecular weight excluding hydrogens is 276 g/mol. The quantitative estimate of drug-likeness (QED) is 0.721. The van der Waals surface area contributed by atoms with E-state index in [1.807, 2.05) is 40.0 Å². The molecule has 1 aromatic rings. The van der Waals surface area contributed by atoms with Gasteiger partial charge in [0.05, 0.1) is 4.90 Å². The van der Waals surface area contributed by atoms with E-state index in [0.29, 0.717) is 31.1 Å². The van der Waals surface area contributed by atoms with Crippen LogP contribution >= 0.6 is 0 Å². The molecule has 2 N–H and O–H groups in total. The molecule has 0 heterocycles. The molecular formula is C14H24N2O3S. The Morgan fingerprint density at radius 2 is 1.80 bits per heavy atom. The number of aryl methyl sites for hydroxylation is 2. The molecule has 0 saturated carbocycles. The van der Waals surface area contributed by atoms with Gasteiger partial charge in [-0.15, -0.1) is 0 Å². The van der Waals surface area contributed by atoms with E-state index in [2.05, 4.69) is 10.0 Å². The van der Waals surface area contributed by atoms with Gasteiger partial charge in [0.2, 0.25) is 10.0 Å². The molecule has 114 valence electrons. The maximum Gasteiger partial charge on any atom is 0.241 e. The number of nitrogens with one attached hydrogen (secondary N) is 2. The summed E-state index contributed by atoms with van der Waals surface area (Å²) in [4.78, 5) is 0.368. The molecule has 20 heavy (non-hydrogen) atoms. The number of ether oxygens (including phenoxy) is 1. The van der Waals surface area contributed by atoms with E-state index in [1.165, 1.54) is 0 Å². The molecule has 0 saturated heterocycles. The molecule has 6 heteroatoms. The van der Waals surface area contributed by atoms with Crippen LogP contribution in [0.15, 0.2) is 17.0 Å². The molecule has 0 amide bonds. The molecule has 0 bridgehead atoms. The summed E-state index contributed by atoms with van der Waals surface area (Å²) in [6, 6.07) is 3.67. The van der Waals surface area contributed by atoms with Crippen LogP contribution in [0.4, 0.5) is 5.69 Å². The lowest BCUT2D eigenvalue weighted by atomic mass is 10.1. The zero-order valence-electron chi connectivity index (χ0n) is 12.6. The van der Waals surface area contributed by atoms with Crippen molar-refractivity contribution in [3.05, 3.63) is 23.3 Å². The molecule has 5 nitrogen and oxygen atoms in total. The largest absolute Gasteiger partial charge is 0.388 e. The first-order chi connectivity index (χ1) is 9.42. The summed E-state index contributed by atoms with van der Waals surface area (Å²) in [6.45, 7) is 7.13. The number of hydrogen-bond donors (Lipinski definition) is 2. The van der Waals surface area contributed by atoms with Gasteiger partial charge >= 0.3 is 0 Å². The van der Waals surface area contributed by atoms with E-state index < -0.39 is 10.0 Å². The number of sulfonamides is 1. The van der Waals surface area contributed by atoms with Crippen LogP contribution in [0.1, 0.15) is 24.5 Å². The summed E-state index contributed by atoms with van der Waals surface area (Å²) in [5, 5.41) is 3.02. The molecule has 0 radical (unpaired) electrons. The average Bonchev–Trinajstić information content (AvgIpc) is 2.37. The Kier molecular flexibility index (Phi) is 6.45. The molecule has 0 aliphatic carbocycles. The number of benzene rings is 1. The average molecular weight is 300 g/mol. The summed E-state index contributed by atoms with van der Waals surface area (Å²) in [6.07, 6.45) is 0.666. The molecule has 0 aliphatic rings. The van der Waals surface area contributed by atoms with Gasteiger partial charge in [-0.05, 0) is 50.5 Å². The number of rotatable bonds is 8. The summed E-state index contributed by atoms with van der Waals surface area (Å²) in [5.74, 6) is 0. The zero-order valence-corrected chi connectivity index (χ0v) is 13.4. The normalized spacial score (nSPS) is 11.6. The highest BCUT2D eigenvalue weighted by Crippen LogP contribution is 2.24. The van der Waals surface area contributed by atoms with Crippen molar-refractivity contribution in [2.24, 2.45) is 0 Å². The minimum atomic E-state index is -3.47. The Balaban J connectivity index is 2.82. The first kappa shape index (κ1) is 16.9. The summed E-state index contributed by atoms with van der Waals surface area (Å²) < 4.78 is 32.5. The SMILES string of the molecule is CCOCCCNS(=O)(=O)c1c(C)cc(NC)cc1C. The maximum atomic E-state index is 12.3.